The molecule has 6 nitrogen and oxygen atoms in total. The molecule has 0 aromatic rings. The Hall–Kier alpha value is -1.85. The maximum Gasteiger partial charge on any atom is 0.339 e. The molecular weight excluding hydrogens is 296 g/mol. The minimum absolute atomic E-state index is 0.0613. The first-order valence-corrected chi connectivity index (χ1v) is 8.33. The summed E-state index contributed by atoms with van der Waals surface area (Å²) >= 11 is 0. The molecule has 23 heavy (non-hydrogen) atoms. The molecule has 0 atom stereocenters. The van der Waals surface area contributed by atoms with Crippen molar-refractivity contribution in [2.75, 3.05) is 6.61 Å². The SMILES string of the molecule is CCOC(=O)[C@]1(C)CC[C@@H](N/C(=C(\C=N)C(=O)O)C2CC2)CC1. The molecule has 0 spiro atoms. The van der Waals surface area contributed by atoms with Gasteiger partial charge in [-0.3, -0.25) is 4.79 Å². The van der Waals surface area contributed by atoms with Crippen molar-refractivity contribution < 1.29 is 19.4 Å². The third-order valence-corrected chi connectivity index (χ3v) is 4.87. The molecule has 128 valence electrons. The fourth-order valence-electron chi connectivity index (χ4n) is 3.17. The number of hydrogen-bond acceptors (Lipinski definition) is 5. The maximum atomic E-state index is 12.1. The first kappa shape index (κ1) is 17.5. The smallest absolute Gasteiger partial charge is 0.339 e. The Labute approximate surface area is 136 Å². The Morgan fingerprint density at radius 2 is 1.91 bits per heavy atom. The van der Waals surface area contributed by atoms with Crippen molar-refractivity contribution in [3.05, 3.63) is 11.3 Å². The van der Waals surface area contributed by atoms with E-state index in [2.05, 4.69) is 5.32 Å². The van der Waals surface area contributed by atoms with Crippen LogP contribution in [0.5, 0.6) is 0 Å². The van der Waals surface area contributed by atoms with Gasteiger partial charge in [-0.2, -0.15) is 0 Å². The standard InChI is InChI=1S/C17H26N2O4/c1-3-23-16(22)17(2)8-6-12(7-9-17)19-14(11-4-5-11)13(10-18)15(20)21/h10-12,18-19H,3-9H2,1-2H3,(H,20,21)/b14-13+,18-10?/t12-,17-. The third kappa shape index (κ3) is 4.12. The van der Waals surface area contributed by atoms with E-state index < -0.39 is 11.4 Å². The summed E-state index contributed by atoms with van der Waals surface area (Å²) in [6.45, 7) is 4.15. The van der Waals surface area contributed by atoms with Crippen LogP contribution in [0.3, 0.4) is 0 Å². The maximum absolute atomic E-state index is 12.1. The Bertz CT molecular complexity index is 515. The van der Waals surface area contributed by atoms with E-state index >= 15 is 0 Å². The zero-order valence-electron chi connectivity index (χ0n) is 13.9. The van der Waals surface area contributed by atoms with E-state index in [1.807, 2.05) is 13.8 Å². The van der Waals surface area contributed by atoms with E-state index in [0.717, 1.165) is 44.7 Å². The van der Waals surface area contributed by atoms with Gasteiger partial charge in [-0.25, -0.2) is 4.79 Å². The lowest BCUT2D eigenvalue weighted by Gasteiger charge is -2.36. The number of carbonyl (C=O) groups is 2. The molecule has 6 heteroatoms. The Morgan fingerprint density at radius 3 is 2.35 bits per heavy atom. The van der Waals surface area contributed by atoms with Crippen molar-refractivity contribution in [2.24, 2.45) is 11.3 Å². The summed E-state index contributed by atoms with van der Waals surface area (Å²) in [5.74, 6) is -0.954. The fourth-order valence-corrected chi connectivity index (χ4v) is 3.17. The second kappa shape index (κ2) is 7.15. The van der Waals surface area contributed by atoms with E-state index in [4.69, 9.17) is 10.1 Å². The summed E-state index contributed by atoms with van der Waals surface area (Å²) in [6, 6.07) is 0.155. The molecule has 0 saturated heterocycles. The average molecular weight is 322 g/mol. The molecule has 0 amide bonds. The molecule has 0 aliphatic heterocycles. The normalized spacial score (nSPS) is 28.5. The Kier molecular flexibility index (Phi) is 5.44. The quantitative estimate of drug-likeness (QED) is 0.380. The highest BCUT2D eigenvalue weighted by Gasteiger charge is 2.40. The summed E-state index contributed by atoms with van der Waals surface area (Å²) in [4.78, 5) is 23.4. The van der Waals surface area contributed by atoms with Crippen LogP contribution < -0.4 is 5.32 Å². The predicted octanol–water partition coefficient (Wildman–Crippen LogP) is 2.49. The third-order valence-electron chi connectivity index (χ3n) is 4.87. The lowest BCUT2D eigenvalue weighted by molar-refractivity contribution is -0.156. The van der Waals surface area contributed by atoms with Crippen LogP contribution >= 0.6 is 0 Å². The van der Waals surface area contributed by atoms with E-state index in [1.165, 1.54) is 0 Å². The number of carbonyl (C=O) groups excluding carboxylic acids is 1. The number of rotatable bonds is 7. The molecule has 0 aromatic heterocycles. The monoisotopic (exact) mass is 322 g/mol. The first-order chi connectivity index (χ1) is 10.9. The van der Waals surface area contributed by atoms with Crippen LogP contribution in [0.25, 0.3) is 0 Å². The Balaban J connectivity index is 2.01. The van der Waals surface area contributed by atoms with Gasteiger partial charge in [0.1, 0.15) is 0 Å². The summed E-state index contributed by atoms with van der Waals surface area (Å²) in [5.41, 5.74) is 0.318. The van der Waals surface area contributed by atoms with Crippen molar-refractivity contribution in [1.82, 2.24) is 5.32 Å². The van der Waals surface area contributed by atoms with Gasteiger partial charge in [-0.15, -0.1) is 0 Å². The van der Waals surface area contributed by atoms with Crippen molar-refractivity contribution in [1.29, 1.82) is 5.41 Å². The molecule has 0 heterocycles. The number of nitrogens with one attached hydrogen (secondary N) is 2. The van der Waals surface area contributed by atoms with Crippen molar-refractivity contribution >= 4 is 18.2 Å². The van der Waals surface area contributed by atoms with Gasteiger partial charge in [0.2, 0.25) is 0 Å². The molecule has 0 unspecified atom stereocenters. The highest BCUT2D eigenvalue weighted by atomic mass is 16.5. The van der Waals surface area contributed by atoms with E-state index in [1.54, 1.807) is 0 Å². The number of ether oxygens (including phenoxy) is 1. The molecule has 2 fully saturated rings. The summed E-state index contributed by atoms with van der Waals surface area (Å²) in [6.07, 6.45) is 5.94. The topological polar surface area (TPSA) is 99.5 Å². The second-order valence-corrected chi connectivity index (χ2v) is 6.75. The highest BCUT2D eigenvalue weighted by molar-refractivity contribution is 6.08. The average Bonchev–Trinajstić information content (AvgIpc) is 3.33. The van der Waals surface area contributed by atoms with Gasteiger partial charge < -0.3 is 20.6 Å². The number of carboxylic acids is 1. The molecule has 2 rings (SSSR count). The lowest BCUT2D eigenvalue weighted by atomic mass is 9.74. The largest absolute Gasteiger partial charge is 0.478 e. The van der Waals surface area contributed by atoms with Crippen LogP contribution in [0.15, 0.2) is 11.3 Å². The summed E-state index contributed by atoms with van der Waals surface area (Å²) < 4.78 is 5.16. The first-order valence-electron chi connectivity index (χ1n) is 8.33. The fraction of sp³-hybridized carbons (Fsp3) is 0.706. The lowest BCUT2D eigenvalue weighted by Crippen LogP contribution is -2.41. The number of carboxylic acid groups (broad SMARTS) is 1. The molecule has 0 aromatic carbocycles. The predicted molar refractivity (Wildman–Crippen MR) is 86.3 cm³/mol. The molecule has 2 saturated carbocycles. The molecule has 0 radical (unpaired) electrons. The van der Waals surface area contributed by atoms with Crippen LogP contribution in [0.1, 0.15) is 52.4 Å². The zero-order chi connectivity index (χ0) is 17.0. The van der Waals surface area contributed by atoms with Gasteiger partial charge in [0, 0.05) is 18.0 Å². The van der Waals surface area contributed by atoms with Crippen LogP contribution in [-0.4, -0.2) is 35.9 Å². The second-order valence-electron chi connectivity index (χ2n) is 6.75. The van der Waals surface area contributed by atoms with Gasteiger partial charge in [0.25, 0.3) is 0 Å². The molecular formula is C17H26N2O4. The van der Waals surface area contributed by atoms with Crippen LogP contribution in [0, 0.1) is 16.7 Å². The summed E-state index contributed by atoms with van der Waals surface area (Å²) in [5, 5.41) is 20.0. The number of hydrogen-bond donors (Lipinski definition) is 3. The highest BCUT2D eigenvalue weighted by Crippen LogP contribution is 2.40. The van der Waals surface area contributed by atoms with Gasteiger partial charge in [-0.1, -0.05) is 0 Å². The van der Waals surface area contributed by atoms with Crippen molar-refractivity contribution in [3.63, 3.8) is 0 Å². The van der Waals surface area contributed by atoms with Gasteiger partial charge in [0.05, 0.1) is 17.6 Å². The number of aliphatic carboxylic acids is 1. The van der Waals surface area contributed by atoms with Crippen LogP contribution in [0.4, 0.5) is 0 Å². The minimum Gasteiger partial charge on any atom is -0.478 e. The van der Waals surface area contributed by atoms with Crippen molar-refractivity contribution in [3.8, 4) is 0 Å². The van der Waals surface area contributed by atoms with E-state index in [0.29, 0.717) is 12.3 Å². The van der Waals surface area contributed by atoms with E-state index in [9.17, 15) is 14.7 Å². The number of allylic oxidation sites excluding steroid dienone is 1. The minimum atomic E-state index is -1.05. The molecule has 3 N–H and O–H groups in total. The zero-order valence-corrected chi connectivity index (χ0v) is 13.9. The van der Waals surface area contributed by atoms with E-state index in [-0.39, 0.29) is 23.5 Å². The van der Waals surface area contributed by atoms with Gasteiger partial charge >= 0.3 is 11.9 Å². The van der Waals surface area contributed by atoms with Gasteiger partial charge in [0.15, 0.2) is 0 Å². The van der Waals surface area contributed by atoms with Crippen LogP contribution in [-0.2, 0) is 14.3 Å². The Morgan fingerprint density at radius 1 is 1.30 bits per heavy atom. The van der Waals surface area contributed by atoms with Gasteiger partial charge in [-0.05, 0) is 58.3 Å². The van der Waals surface area contributed by atoms with Crippen LogP contribution in [0.2, 0.25) is 0 Å². The number of esters is 1. The van der Waals surface area contributed by atoms with Crippen molar-refractivity contribution in [2.45, 2.75) is 58.4 Å². The summed E-state index contributed by atoms with van der Waals surface area (Å²) in [7, 11) is 0. The molecule has 2 aliphatic rings. The molecule has 2 aliphatic carbocycles. The molecule has 0 bridgehead atoms.